The van der Waals surface area contributed by atoms with Gasteiger partial charge in [0.25, 0.3) is 5.91 Å². The van der Waals surface area contributed by atoms with Crippen LogP contribution in [-0.4, -0.2) is 54.1 Å². The summed E-state index contributed by atoms with van der Waals surface area (Å²) in [5.41, 5.74) is -0.291. The van der Waals surface area contributed by atoms with Gasteiger partial charge in [-0.15, -0.1) is 0 Å². The van der Waals surface area contributed by atoms with Crippen LogP contribution < -0.4 is 0 Å². The van der Waals surface area contributed by atoms with Crippen molar-refractivity contribution >= 4 is 5.91 Å². The lowest BCUT2D eigenvalue weighted by Gasteiger charge is -2.47. The van der Waals surface area contributed by atoms with Crippen LogP contribution in [0, 0.1) is 6.92 Å². The minimum absolute atomic E-state index is 0.0496. The number of ether oxygens (including phenoxy) is 1. The van der Waals surface area contributed by atoms with Crippen LogP contribution in [0.4, 0.5) is 0 Å². The Labute approximate surface area is 147 Å². The molecule has 0 radical (unpaired) electrons. The number of carbonyl (C=O) groups excluding carboxylic acids is 1. The predicted molar refractivity (Wildman–Crippen MR) is 91.3 cm³/mol. The molecule has 25 heavy (non-hydrogen) atoms. The van der Waals surface area contributed by atoms with Gasteiger partial charge in [-0.25, -0.2) is 0 Å². The maximum absolute atomic E-state index is 12.6. The molecule has 0 unspecified atom stereocenters. The maximum atomic E-state index is 12.6. The topological polar surface area (TPSA) is 59.1 Å². The number of nitrogens with zero attached hydrogens (tertiary/aromatic N) is 2. The van der Waals surface area contributed by atoms with Gasteiger partial charge in [0.15, 0.2) is 5.76 Å². The highest BCUT2D eigenvalue weighted by Gasteiger charge is 2.42. The van der Waals surface area contributed by atoms with Crippen molar-refractivity contribution in [3.8, 4) is 0 Å². The molecule has 2 fully saturated rings. The molecule has 0 aliphatic carbocycles. The summed E-state index contributed by atoms with van der Waals surface area (Å²) in [6, 6.07) is 7.50. The standard InChI is InChI=1S/C19H24N2O4/c1-15-5-6-16(25-15)12-20-9-11-24-19(13-20)7-3-8-21(14-19)18(22)17-4-2-10-23-17/h2,4-6,10H,3,7-9,11-14H2,1H3/t19-/m0/s1. The Morgan fingerprint density at radius 3 is 2.92 bits per heavy atom. The summed E-state index contributed by atoms with van der Waals surface area (Å²) in [5.74, 6) is 2.27. The smallest absolute Gasteiger partial charge is 0.289 e. The molecule has 2 saturated heterocycles. The molecule has 2 aliphatic heterocycles. The van der Waals surface area contributed by atoms with Crippen LogP contribution >= 0.6 is 0 Å². The largest absolute Gasteiger partial charge is 0.465 e. The fourth-order valence-corrected chi connectivity index (χ4v) is 3.92. The second kappa shape index (κ2) is 6.69. The van der Waals surface area contributed by atoms with Crippen molar-refractivity contribution in [2.75, 3.05) is 32.8 Å². The molecule has 1 spiro atoms. The van der Waals surface area contributed by atoms with E-state index in [1.807, 2.05) is 24.0 Å². The SMILES string of the molecule is Cc1ccc(CN2CCO[C@@]3(CCCN(C(=O)c4ccco4)C3)C2)o1. The molecule has 0 N–H and O–H groups in total. The summed E-state index contributed by atoms with van der Waals surface area (Å²) in [5, 5.41) is 0. The van der Waals surface area contributed by atoms with Gasteiger partial charge in [0.1, 0.15) is 11.5 Å². The zero-order valence-electron chi connectivity index (χ0n) is 14.6. The van der Waals surface area contributed by atoms with Gasteiger partial charge < -0.3 is 18.5 Å². The highest BCUT2D eigenvalue weighted by atomic mass is 16.5. The van der Waals surface area contributed by atoms with Gasteiger partial charge in [0.2, 0.25) is 0 Å². The normalized spacial score (nSPS) is 24.8. The van der Waals surface area contributed by atoms with Crippen LogP contribution in [0.5, 0.6) is 0 Å². The maximum Gasteiger partial charge on any atom is 0.289 e. The van der Waals surface area contributed by atoms with E-state index in [1.165, 1.54) is 6.26 Å². The quantitative estimate of drug-likeness (QED) is 0.857. The highest BCUT2D eigenvalue weighted by molar-refractivity contribution is 5.91. The lowest BCUT2D eigenvalue weighted by molar-refractivity contribution is -0.137. The van der Waals surface area contributed by atoms with E-state index in [4.69, 9.17) is 13.6 Å². The van der Waals surface area contributed by atoms with Gasteiger partial charge in [0.05, 0.1) is 31.6 Å². The molecule has 0 saturated carbocycles. The summed E-state index contributed by atoms with van der Waals surface area (Å²) in [6.45, 7) is 6.49. The third-order valence-electron chi connectivity index (χ3n) is 5.06. The minimum Gasteiger partial charge on any atom is -0.465 e. The van der Waals surface area contributed by atoms with E-state index in [1.54, 1.807) is 12.1 Å². The zero-order valence-corrected chi connectivity index (χ0v) is 14.6. The van der Waals surface area contributed by atoms with Gasteiger partial charge in [-0.3, -0.25) is 9.69 Å². The zero-order chi connectivity index (χ0) is 17.3. The average molecular weight is 344 g/mol. The van der Waals surface area contributed by atoms with Gasteiger partial charge in [0, 0.05) is 19.6 Å². The Bertz CT molecular complexity index is 720. The number of hydrogen-bond acceptors (Lipinski definition) is 5. The molecule has 0 bridgehead atoms. The molecular weight excluding hydrogens is 320 g/mol. The van der Waals surface area contributed by atoms with Crippen molar-refractivity contribution in [1.29, 1.82) is 0 Å². The average Bonchev–Trinajstić information content (AvgIpc) is 3.26. The monoisotopic (exact) mass is 344 g/mol. The van der Waals surface area contributed by atoms with E-state index >= 15 is 0 Å². The van der Waals surface area contributed by atoms with Crippen LogP contribution in [-0.2, 0) is 11.3 Å². The van der Waals surface area contributed by atoms with Crippen LogP contribution in [0.1, 0.15) is 34.9 Å². The van der Waals surface area contributed by atoms with Crippen LogP contribution in [0.3, 0.4) is 0 Å². The Hall–Kier alpha value is -2.05. The molecule has 2 aromatic heterocycles. The lowest BCUT2D eigenvalue weighted by Crippen LogP contribution is -2.60. The van der Waals surface area contributed by atoms with Crippen molar-refractivity contribution in [2.24, 2.45) is 0 Å². The molecule has 6 nitrogen and oxygen atoms in total. The molecule has 1 amide bonds. The first-order valence-corrected chi connectivity index (χ1v) is 8.88. The Morgan fingerprint density at radius 1 is 1.24 bits per heavy atom. The third-order valence-corrected chi connectivity index (χ3v) is 5.06. The number of rotatable bonds is 3. The number of furan rings is 2. The van der Waals surface area contributed by atoms with Gasteiger partial charge in [-0.05, 0) is 44.0 Å². The molecule has 6 heteroatoms. The number of morpholine rings is 1. The molecule has 2 aromatic rings. The van der Waals surface area contributed by atoms with E-state index in [2.05, 4.69) is 4.90 Å². The van der Waals surface area contributed by atoms with Crippen molar-refractivity contribution in [3.63, 3.8) is 0 Å². The van der Waals surface area contributed by atoms with Crippen LogP contribution in [0.15, 0.2) is 39.4 Å². The Balaban J connectivity index is 1.44. The van der Waals surface area contributed by atoms with Crippen LogP contribution in [0.25, 0.3) is 0 Å². The number of hydrogen-bond donors (Lipinski definition) is 0. The molecule has 2 aliphatic rings. The van der Waals surface area contributed by atoms with E-state index in [9.17, 15) is 4.79 Å². The first-order valence-electron chi connectivity index (χ1n) is 8.88. The summed E-state index contributed by atoms with van der Waals surface area (Å²) in [4.78, 5) is 16.8. The summed E-state index contributed by atoms with van der Waals surface area (Å²) < 4.78 is 17.2. The van der Waals surface area contributed by atoms with E-state index < -0.39 is 0 Å². The number of likely N-dealkylation sites (tertiary alicyclic amines) is 1. The van der Waals surface area contributed by atoms with Crippen molar-refractivity contribution in [2.45, 2.75) is 31.9 Å². The fourth-order valence-electron chi connectivity index (χ4n) is 3.92. The Morgan fingerprint density at radius 2 is 2.16 bits per heavy atom. The fraction of sp³-hybridized carbons (Fsp3) is 0.526. The van der Waals surface area contributed by atoms with Gasteiger partial charge in [-0.2, -0.15) is 0 Å². The molecule has 1 atom stereocenters. The van der Waals surface area contributed by atoms with E-state index in [0.29, 0.717) is 18.9 Å². The van der Waals surface area contributed by atoms with E-state index in [-0.39, 0.29) is 11.5 Å². The Kier molecular flexibility index (Phi) is 4.39. The molecule has 134 valence electrons. The summed E-state index contributed by atoms with van der Waals surface area (Å²) in [7, 11) is 0. The summed E-state index contributed by atoms with van der Waals surface area (Å²) in [6.07, 6.45) is 3.46. The number of amides is 1. The molecule has 4 heterocycles. The van der Waals surface area contributed by atoms with Crippen molar-refractivity contribution in [1.82, 2.24) is 9.80 Å². The molecular formula is C19H24N2O4. The molecule has 4 rings (SSSR count). The highest BCUT2D eigenvalue weighted by Crippen LogP contribution is 2.30. The number of aryl methyl sites for hydroxylation is 1. The number of carbonyl (C=O) groups is 1. The van der Waals surface area contributed by atoms with Crippen molar-refractivity contribution in [3.05, 3.63) is 47.8 Å². The third kappa shape index (κ3) is 3.50. The van der Waals surface area contributed by atoms with Gasteiger partial charge >= 0.3 is 0 Å². The summed E-state index contributed by atoms with van der Waals surface area (Å²) >= 11 is 0. The first-order chi connectivity index (χ1) is 12.1. The first kappa shape index (κ1) is 16.4. The minimum atomic E-state index is -0.291. The lowest BCUT2D eigenvalue weighted by atomic mass is 9.90. The number of piperidine rings is 1. The molecule has 0 aromatic carbocycles. The second-order valence-corrected chi connectivity index (χ2v) is 7.06. The van der Waals surface area contributed by atoms with E-state index in [0.717, 1.165) is 50.5 Å². The van der Waals surface area contributed by atoms with Crippen LogP contribution in [0.2, 0.25) is 0 Å². The predicted octanol–water partition coefficient (Wildman–Crippen LogP) is 2.69. The van der Waals surface area contributed by atoms with Crippen molar-refractivity contribution < 1.29 is 18.4 Å². The second-order valence-electron chi connectivity index (χ2n) is 7.06. The van der Waals surface area contributed by atoms with Gasteiger partial charge in [-0.1, -0.05) is 0 Å².